The lowest BCUT2D eigenvalue weighted by Crippen LogP contribution is -2.11. The van der Waals surface area contributed by atoms with Crippen LogP contribution in [0.25, 0.3) is 0 Å². The molecule has 1 aliphatic rings. The molecule has 0 radical (unpaired) electrons. The van der Waals surface area contributed by atoms with Gasteiger partial charge in [-0.3, -0.25) is 9.59 Å². The number of carbonyl (C=O) groups is 2. The van der Waals surface area contributed by atoms with Gasteiger partial charge in [0, 0.05) is 11.1 Å². The molecule has 0 N–H and O–H groups in total. The molecule has 0 saturated heterocycles. The molecule has 0 amide bonds. The van der Waals surface area contributed by atoms with Gasteiger partial charge in [0.25, 0.3) is 0 Å². The van der Waals surface area contributed by atoms with Gasteiger partial charge in [-0.1, -0.05) is 68.5 Å². The normalized spacial score (nSPS) is 19.9. The number of ether oxygens (including phenoxy) is 1. The van der Waals surface area contributed by atoms with E-state index in [1.165, 1.54) is 0 Å². The van der Waals surface area contributed by atoms with Gasteiger partial charge in [0.1, 0.15) is 6.61 Å². The standard InChI is InChI=1S/C22H20Br2O3/c1-22(2)17(12-18(23)24)19(22)21(26)27-13-14-7-6-10-16(11-14)20(25)15-8-4-3-5-9-15/h3-12,17,19H,13H2,1-2H3/t17-,19+/m1/s1. The van der Waals surface area contributed by atoms with Crippen molar-refractivity contribution < 1.29 is 14.3 Å². The highest BCUT2D eigenvalue weighted by Crippen LogP contribution is 2.60. The Kier molecular flexibility index (Phi) is 6.02. The van der Waals surface area contributed by atoms with Crippen LogP contribution < -0.4 is 0 Å². The highest BCUT2D eigenvalue weighted by atomic mass is 79.9. The van der Waals surface area contributed by atoms with Crippen LogP contribution in [-0.2, 0) is 16.1 Å². The fourth-order valence-corrected chi connectivity index (χ4v) is 3.95. The third-order valence-corrected chi connectivity index (χ3v) is 5.61. The number of rotatable bonds is 6. The van der Waals surface area contributed by atoms with Crippen LogP contribution in [0.4, 0.5) is 0 Å². The molecule has 1 saturated carbocycles. The molecular formula is C22H20Br2O3. The third-order valence-electron chi connectivity index (χ3n) is 5.08. The second kappa shape index (κ2) is 8.11. The molecule has 0 bridgehead atoms. The average molecular weight is 492 g/mol. The second-order valence-electron chi connectivity index (χ2n) is 7.28. The van der Waals surface area contributed by atoms with Crippen LogP contribution in [0.5, 0.6) is 0 Å². The monoisotopic (exact) mass is 490 g/mol. The molecule has 0 aliphatic heterocycles. The van der Waals surface area contributed by atoms with E-state index in [1.54, 1.807) is 24.3 Å². The Morgan fingerprint density at radius 1 is 1.04 bits per heavy atom. The number of carbonyl (C=O) groups excluding carboxylic acids is 2. The lowest BCUT2D eigenvalue weighted by molar-refractivity contribution is -0.147. The lowest BCUT2D eigenvalue weighted by Gasteiger charge is -2.08. The highest BCUT2D eigenvalue weighted by Gasteiger charge is 2.61. The molecule has 2 aromatic rings. The predicted octanol–water partition coefficient (Wildman–Crippen LogP) is 5.86. The van der Waals surface area contributed by atoms with Crippen molar-refractivity contribution in [2.75, 3.05) is 0 Å². The molecule has 0 aromatic heterocycles. The number of ketones is 1. The van der Waals surface area contributed by atoms with Gasteiger partial charge in [-0.15, -0.1) is 0 Å². The Morgan fingerprint density at radius 2 is 1.70 bits per heavy atom. The van der Waals surface area contributed by atoms with Crippen LogP contribution in [0.2, 0.25) is 0 Å². The molecule has 2 atom stereocenters. The van der Waals surface area contributed by atoms with Gasteiger partial charge >= 0.3 is 5.97 Å². The third kappa shape index (κ3) is 4.58. The van der Waals surface area contributed by atoms with E-state index in [9.17, 15) is 9.59 Å². The van der Waals surface area contributed by atoms with Crippen LogP contribution in [0.1, 0.15) is 35.3 Å². The van der Waals surface area contributed by atoms with Gasteiger partial charge in [-0.05, 0) is 54.8 Å². The van der Waals surface area contributed by atoms with E-state index < -0.39 is 0 Å². The van der Waals surface area contributed by atoms with Crippen LogP contribution in [0, 0.1) is 17.3 Å². The summed E-state index contributed by atoms with van der Waals surface area (Å²) in [7, 11) is 0. The molecule has 2 aromatic carbocycles. The first-order valence-corrected chi connectivity index (χ1v) is 10.3. The number of hydrogen-bond donors (Lipinski definition) is 0. The van der Waals surface area contributed by atoms with Gasteiger partial charge in [0.05, 0.1) is 9.31 Å². The number of esters is 1. The van der Waals surface area contributed by atoms with E-state index in [2.05, 4.69) is 45.7 Å². The Labute approximate surface area is 176 Å². The molecule has 1 fully saturated rings. The predicted molar refractivity (Wildman–Crippen MR) is 113 cm³/mol. The van der Waals surface area contributed by atoms with E-state index >= 15 is 0 Å². The van der Waals surface area contributed by atoms with Crippen molar-refractivity contribution in [2.45, 2.75) is 20.5 Å². The second-order valence-corrected chi connectivity index (χ2v) is 10.1. The van der Waals surface area contributed by atoms with E-state index in [0.29, 0.717) is 11.1 Å². The van der Waals surface area contributed by atoms with Gasteiger partial charge in [-0.25, -0.2) is 0 Å². The average Bonchev–Trinajstić information content (AvgIpc) is 3.19. The maximum absolute atomic E-state index is 12.6. The Bertz CT molecular complexity index is 883. The van der Waals surface area contributed by atoms with Crippen molar-refractivity contribution in [3.8, 4) is 0 Å². The van der Waals surface area contributed by atoms with Gasteiger partial charge in [0.2, 0.25) is 0 Å². The molecule has 27 heavy (non-hydrogen) atoms. The summed E-state index contributed by atoms with van der Waals surface area (Å²) in [4.78, 5) is 25.0. The lowest BCUT2D eigenvalue weighted by atomic mass is 10.0. The molecular weight excluding hydrogens is 472 g/mol. The van der Waals surface area contributed by atoms with Crippen molar-refractivity contribution >= 4 is 43.6 Å². The summed E-state index contributed by atoms with van der Waals surface area (Å²) >= 11 is 6.71. The van der Waals surface area contributed by atoms with E-state index in [4.69, 9.17) is 4.74 Å². The molecule has 0 spiro atoms. The minimum Gasteiger partial charge on any atom is -0.461 e. The van der Waals surface area contributed by atoms with Crippen molar-refractivity contribution in [1.82, 2.24) is 0 Å². The van der Waals surface area contributed by atoms with E-state index in [0.717, 1.165) is 8.96 Å². The van der Waals surface area contributed by atoms with Gasteiger partial charge in [0.15, 0.2) is 5.78 Å². The first-order chi connectivity index (χ1) is 12.8. The topological polar surface area (TPSA) is 43.4 Å². The Hall–Kier alpha value is -1.72. The van der Waals surface area contributed by atoms with E-state index in [1.807, 2.05) is 36.4 Å². The highest BCUT2D eigenvalue weighted by molar-refractivity contribution is 9.28. The number of allylic oxidation sites excluding steroid dienone is 1. The summed E-state index contributed by atoms with van der Waals surface area (Å²) in [6.45, 7) is 4.28. The molecule has 3 nitrogen and oxygen atoms in total. The zero-order chi connectivity index (χ0) is 19.6. The molecule has 0 unspecified atom stereocenters. The van der Waals surface area contributed by atoms with Crippen LogP contribution in [0.15, 0.2) is 64.1 Å². The van der Waals surface area contributed by atoms with Crippen LogP contribution in [-0.4, -0.2) is 11.8 Å². The number of halogens is 2. The summed E-state index contributed by atoms with van der Waals surface area (Å²) in [5.41, 5.74) is 1.92. The Balaban J connectivity index is 1.65. The minimum absolute atomic E-state index is 0.0422. The van der Waals surface area contributed by atoms with E-state index in [-0.39, 0.29) is 35.6 Å². The molecule has 1 aliphatic carbocycles. The maximum Gasteiger partial charge on any atom is 0.310 e. The van der Waals surface area contributed by atoms with Gasteiger partial charge < -0.3 is 4.74 Å². The largest absolute Gasteiger partial charge is 0.461 e. The molecule has 3 rings (SSSR count). The SMILES string of the molecule is CC1(C)[C@H](C=C(Br)Br)[C@H]1C(=O)OCc1cccc(C(=O)c2ccccc2)c1. The Morgan fingerprint density at radius 3 is 2.37 bits per heavy atom. The summed E-state index contributed by atoms with van der Waals surface area (Å²) in [5.74, 6) is -0.261. The summed E-state index contributed by atoms with van der Waals surface area (Å²) in [6, 6.07) is 16.4. The minimum atomic E-state index is -0.206. The maximum atomic E-state index is 12.6. The van der Waals surface area contributed by atoms with Crippen LogP contribution >= 0.6 is 31.9 Å². The summed E-state index contributed by atoms with van der Waals surface area (Å²) in [6.07, 6.45) is 1.99. The van der Waals surface area contributed by atoms with Gasteiger partial charge in [-0.2, -0.15) is 0 Å². The first-order valence-electron chi connectivity index (χ1n) is 8.69. The number of hydrogen-bond acceptors (Lipinski definition) is 3. The first kappa shape index (κ1) is 20.0. The number of benzene rings is 2. The zero-order valence-corrected chi connectivity index (χ0v) is 18.3. The fraction of sp³-hybridized carbons (Fsp3) is 0.273. The van der Waals surface area contributed by atoms with Crippen molar-refractivity contribution in [2.24, 2.45) is 17.3 Å². The van der Waals surface area contributed by atoms with Crippen molar-refractivity contribution in [1.29, 1.82) is 0 Å². The summed E-state index contributed by atoms with van der Waals surface area (Å²) < 4.78 is 6.37. The molecule has 5 heteroatoms. The smallest absolute Gasteiger partial charge is 0.310 e. The quantitative estimate of drug-likeness (QED) is 0.375. The zero-order valence-electron chi connectivity index (χ0n) is 15.1. The van der Waals surface area contributed by atoms with Crippen molar-refractivity contribution in [3.05, 3.63) is 80.8 Å². The van der Waals surface area contributed by atoms with Crippen molar-refractivity contribution in [3.63, 3.8) is 0 Å². The fourth-order valence-electron chi connectivity index (χ4n) is 3.38. The molecule has 0 heterocycles. The van der Waals surface area contributed by atoms with Crippen LogP contribution in [0.3, 0.4) is 0 Å². The summed E-state index contributed by atoms with van der Waals surface area (Å²) in [5, 5.41) is 0. The molecule has 140 valence electrons.